The van der Waals surface area contributed by atoms with E-state index in [0.29, 0.717) is 6.61 Å². The third-order valence-electron chi connectivity index (χ3n) is 2.00. The van der Waals surface area contributed by atoms with Crippen LogP contribution in [0.3, 0.4) is 0 Å². The first-order valence-electron chi connectivity index (χ1n) is 4.50. The molecule has 0 aliphatic rings. The highest BCUT2D eigenvalue weighted by Crippen LogP contribution is 2.25. The smallest absolute Gasteiger partial charge is 0.160 e. The molecule has 1 aromatic rings. The van der Waals surface area contributed by atoms with Gasteiger partial charge in [0.15, 0.2) is 5.78 Å². The Labute approximate surface area is 97.8 Å². The first kappa shape index (κ1) is 11.5. The zero-order chi connectivity index (χ0) is 10.7. The molecule has 14 heavy (non-hydrogen) atoms. The highest BCUT2D eigenvalue weighted by Gasteiger charge is 2.10. The molecule has 0 atom stereocenters. The molecule has 2 nitrogen and oxygen atoms in total. The molecule has 0 N–H and O–H groups in total. The first-order chi connectivity index (χ1) is 6.56. The molecule has 0 spiro atoms. The first-order valence-corrected chi connectivity index (χ1v) is 5.58. The minimum Gasteiger partial charge on any atom is -0.494 e. The Bertz CT molecular complexity index is 359. The SMILES string of the molecule is CCOc1cc(I)cc(C(C)=O)c1C. The molecule has 0 fully saturated rings. The van der Waals surface area contributed by atoms with Gasteiger partial charge in [-0.25, -0.2) is 0 Å². The number of ether oxygens (including phenoxy) is 1. The topological polar surface area (TPSA) is 26.3 Å². The molecular weight excluding hydrogens is 291 g/mol. The van der Waals surface area contributed by atoms with Crippen molar-refractivity contribution >= 4 is 28.4 Å². The number of Topliss-reactive ketones (excluding diaryl/α,β-unsaturated/α-hetero) is 1. The average molecular weight is 304 g/mol. The van der Waals surface area contributed by atoms with Crippen molar-refractivity contribution in [2.75, 3.05) is 6.61 Å². The van der Waals surface area contributed by atoms with Gasteiger partial charge in [-0.15, -0.1) is 0 Å². The van der Waals surface area contributed by atoms with Crippen LogP contribution in [-0.4, -0.2) is 12.4 Å². The molecule has 0 aromatic heterocycles. The van der Waals surface area contributed by atoms with Crippen LogP contribution in [0.15, 0.2) is 12.1 Å². The van der Waals surface area contributed by atoms with Crippen molar-refractivity contribution in [2.24, 2.45) is 0 Å². The Morgan fingerprint density at radius 3 is 2.64 bits per heavy atom. The van der Waals surface area contributed by atoms with Crippen LogP contribution in [0, 0.1) is 10.5 Å². The van der Waals surface area contributed by atoms with Crippen molar-refractivity contribution in [2.45, 2.75) is 20.8 Å². The largest absolute Gasteiger partial charge is 0.494 e. The van der Waals surface area contributed by atoms with Crippen LogP contribution in [0.25, 0.3) is 0 Å². The van der Waals surface area contributed by atoms with Gasteiger partial charge in [-0.1, -0.05) is 0 Å². The van der Waals surface area contributed by atoms with E-state index in [1.54, 1.807) is 6.92 Å². The molecule has 3 heteroatoms. The van der Waals surface area contributed by atoms with Gasteiger partial charge in [0.1, 0.15) is 5.75 Å². The summed E-state index contributed by atoms with van der Waals surface area (Å²) in [5.74, 6) is 0.895. The van der Waals surface area contributed by atoms with Crippen molar-refractivity contribution in [3.63, 3.8) is 0 Å². The van der Waals surface area contributed by atoms with Gasteiger partial charge >= 0.3 is 0 Å². The number of benzene rings is 1. The van der Waals surface area contributed by atoms with Crippen LogP contribution in [-0.2, 0) is 0 Å². The molecule has 1 aromatic carbocycles. The molecule has 0 saturated carbocycles. The lowest BCUT2D eigenvalue weighted by molar-refractivity contribution is 0.101. The van der Waals surface area contributed by atoms with Gasteiger partial charge < -0.3 is 4.74 Å². The summed E-state index contributed by atoms with van der Waals surface area (Å²) < 4.78 is 6.48. The van der Waals surface area contributed by atoms with Crippen LogP contribution in [0.1, 0.15) is 29.8 Å². The molecule has 0 bridgehead atoms. The summed E-state index contributed by atoms with van der Waals surface area (Å²) in [5.41, 5.74) is 1.68. The predicted molar refractivity (Wildman–Crippen MR) is 65.1 cm³/mol. The van der Waals surface area contributed by atoms with E-state index in [-0.39, 0.29) is 5.78 Å². The molecule has 0 heterocycles. The predicted octanol–water partition coefficient (Wildman–Crippen LogP) is 3.20. The van der Waals surface area contributed by atoms with E-state index < -0.39 is 0 Å². The summed E-state index contributed by atoms with van der Waals surface area (Å²) in [6.45, 7) is 6.05. The quantitative estimate of drug-likeness (QED) is 0.633. The Morgan fingerprint density at radius 2 is 2.14 bits per heavy atom. The number of carbonyl (C=O) groups excluding carboxylic acids is 1. The van der Waals surface area contributed by atoms with Crippen molar-refractivity contribution in [1.29, 1.82) is 0 Å². The lowest BCUT2D eigenvalue weighted by Crippen LogP contribution is -2.01. The maximum Gasteiger partial charge on any atom is 0.160 e. The highest BCUT2D eigenvalue weighted by atomic mass is 127. The molecule has 0 radical (unpaired) electrons. The minimum absolute atomic E-state index is 0.0852. The standard InChI is InChI=1S/C11H13IO2/c1-4-14-11-6-9(12)5-10(7(11)2)8(3)13/h5-6H,4H2,1-3H3. The van der Waals surface area contributed by atoms with Crippen LogP contribution < -0.4 is 4.74 Å². The van der Waals surface area contributed by atoms with Crippen LogP contribution in [0.2, 0.25) is 0 Å². The van der Waals surface area contributed by atoms with E-state index in [1.165, 1.54) is 0 Å². The molecule has 76 valence electrons. The average Bonchev–Trinajstić information content (AvgIpc) is 2.10. The van der Waals surface area contributed by atoms with Gasteiger partial charge in [-0.2, -0.15) is 0 Å². The summed E-state index contributed by atoms with van der Waals surface area (Å²) in [4.78, 5) is 11.3. The van der Waals surface area contributed by atoms with E-state index in [9.17, 15) is 4.79 Å². The lowest BCUT2D eigenvalue weighted by Gasteiger charge is -2.10. The molecule has 0 saturated heterocycles. The van der Waals surface area contributed by atoms with Gasteiger partial charge in [0.2, 0.25) is 0 Å². The molecule has 1 rings (SSSR count). The van der Waals surface area contributed by atoms with Crippen molar-refractivity contribution in [1.82, 2.24) is 0 Å². The maximum absolute atomic E-state index is 11.3. The second-order valence-electron chi connectivity index (χ2n) is 3.07. The number of hydrogen-bond acceptors (Lipinski definition) is 2. The maximum atomic E-state index is 11.3. The van der Waals surface area contributed by atoms with E-state index in [0.717, 1.165) is 20.4 Å². The summed E-state index contributed by atoms with van der Waals surface area (Å²) >= 11 is 2.19. The fraction of sp³-hybridized carbons (Fsp3) is 0.364. The number of rotatable bonds is 3. The minimum atomic E-state index is 0.0852. The third kappa shape index (κ3) is 2.47. The Hall–Kier alpha value is -0.580. The zero-order valence-electron chi connectivity index (χ0n) is 8.56. The number of halogens is 1. The van der Waals surface area contributed by atoms with E-state index in [1.807, 2.05) is 26.0 Å². The molecule has 0 aliphatic heterocycles. The van der Waals surface area contributed by atoms with E-state index in [2.05, 4.69) is 22.6 Å². The summed E-state index contributed by atoms with van der Waals surface area (Å²) in [5, 5.41) is 0. The highest BCUT2D eigenvalue weighted by molar-refractivity contribution is 14.1. The van der Waals surface area contributed by atoms with Crippen molar-refractivity contribution in [3.8, 4) is 5.75 Å². The van der Waals surface area contributed by atoms with Crippen molar-refractivity contribution in [3.05, 3.63) is 26.8 Å². The summed E-state index contributed by atoms with van der Waals surface area (Å²) in [6, 6.07) is 3.84. The van der Waals surface area contributed by atoms with Gasteiger partial charge in [0.05, 0.1) is 6.61 Å². The number of hydrogen-bond donors (Lipinski definition) is 0. The lowest BCUT2D eigenvalue weighted by atomic mass is 10.1. The van der Waals surface area contributed by atoms with Gasteiger partial charge in [0.25, 0.3) is 0 Å². The molecule has 0 aliphatic carbocycles. The van der Waals surface area contributed by atoms with E-state index in [4.69, 9.17) is 4.74 Å². The fourth-order valence-electron chi connectivity index (χ4n) is 1.33. The van der Waals surface area contributed by atoms with E-state index >= 15 is 0 Å². The fourth-order valence-corrected chi connectivity index (χ4v) is 1.92. The Kier molecular flexibility index (Phi) is 3.92. The monoisotopic (exact) mass is 304 g/mol. The second-order valence-corrected chi connectivity index (χ2v) is 4.31. The van der Waals surface area contributed by atoms with Crippen LogP contribution in [0.4, 0.5) is 0 Å². The zero-order valence-corrected chi connectivity index (χ0v) is 10.7. The Balaban J connectivity index is 3.24. The second kappa shape index (κ2) is 4.77. The van der Waals surface area contributed by atoms with Crippen molar-refractivity contribution < 1.29 is 9.53 Å². The van der Waals surface area contributed by atoms with Gasteiger partial charge in [-0.3, -0.25) is 4.79 Å². The normalized spacial score (nSPS) is 10.0. The van der Waals surface area contributed by atoms with Gasteiger partial charge in [-0.05, 0) is 55.5 Å². The van der Waals surface area contributed by atoms with Crippen LogP contribution in [0.5, 0.6) is 5.75 Å². The van der Waals surface area contributed by atoms with Gasteiger partial charge in [0, 0.05) is 14.7 Å². The number of carbonyl (C=O) groups is 1. The van der Waals surface area contributed by atoms with Crippen LogP contribution >= 0.6 is 22.6 Å². The molecular formula is C11H13IO2. The summed E-state index contributed by atoms with van der Waals surface area (Å²) in [6.07, 6.45) is 0. The number of ketones is 1. The molecule has 0 unspecified atom stereocenters. The Morgan fingerprint density at radius 1 is 1.50 bits per heavy atom. The molecule has 0 amide bonds. The third-order valence-corrected chi connectivity index (χ3v) is 2.63. The summed E-state index contributed by atoms with van der Waals surface area (Å²) in [7, 11) is 0.